The minimum absolute atomic E-state index is 0.0296. The molecule has 6 nitrogen and oxygen atoms in total. The van der Waals surface area contributed by atoms with Crippen molar-refractivity contribution in [3.8, 4) is 23.0 Å². The molecule has 0 saturated heterocycles. The van der Waals surface area contributed by atoms with Crippen LogP contribution in [0.2, 0.25) is 0 Å². The van der Waals surface area contributed by atoms with Gasteiger partial charge in [0.2, 0.25) is 11.2 Å². The molecule has 0 aliphatic heterocycles. The summed E-state index contributed by atoms with van der Waals surface area (Å²) < 4.78 is 67.1. The highest BCUT2D eigenvalue weighted by molar-refractivity contribution is 5.80. The van der Waals surface area contributed by atoms with Crippen molar-refractivity contribution in [1.82, 2.24) is 0 Å². The molecular weight excluding hydrogens is 417 g/mol. The fourth-order valence-electron chi connectivity index (χ4n) is 3.06. The van der Waals surface area contributed by atoms with Gasteiger partial charge in [0.05, 0.1) is 19.6 Å². The predicted molar refractivity (Wildman–Crippen MR) is 104 cm³/mol. The van der Waals surface area contributed by atoms with Crippen molar-refractivity contribution in [1.29, 1.82) is 0 Å². The average Bonchev–Trinajstić information content (AvgIpc) is 2.73. The van der Waals surface area contributed by atoms with E-state index in [9.17, 15) is 18.0 Å². The van der Waals surface area contributed by atoms with Crippen molar-refractivity contribution in [3.05, 3.63) is 70.0 Å². The highest BCUT2D eigenvalue weighted by Gasteiger charge is 2.40. The maximum atomic E-state index is 13.7. The zero-order valence-corrected chi connectivity index (χ0v) is 16.5. The number of ether oxygens (including phenoxy) is 4. The van der Waals surface area contributed by atoms with Gasteiger partial charge in [-0.2, -0.15) is 13.2 Å². The van der Waals surface area contributed by atoms with Crippen LogP contribution in [-0.4, -0.2) is 14.2 Å². The summed E-state index contributed by atoms with van der Waals surface area (Å²) in [6.45, 7) is 0. The first-order valence-corrected chi connectivity index (χ1v) is 9.24. The lowest BCUT2D eigenvalue weighted by Crippen LogP contribution is -2.15. The largest absolute Gasteiger partial charge is 0.498 e. The van der Waals surface area contributed by atoms with Crippen LogP contribution in [-0.2, 0) is 10.9 Å². The van der Waals surface area contributed by atoms with E-state index in [1.54, 1.807) is 0 Å². The van der Waals surface area contributed by atoms with Gasteiger partial charge in [0.25, 0.3) is 5.76 Å². The molecule has 162 valence electrons. The fourth-order valence-corrected chi connectivity index (χ4v) is 3.06. The topological polar surface area (TPSA) is 67.1 Å². The molecule has 0 fully saturated rings. The Bertz CT molecular complexity index is 1210. The van der Waals surface area contributed by atoms with E-state index in [4.69, 9.17) is 23.4 Å². The molecule has 1 aliphatic carbocycles. The Morgan fingerprint density at radius 3 is 2.06 bits per heavy atom. The van der Waals surface area contributed by atoms with Gasteiger partial charge in [-0.15, -0.1) is 0 Å². The normalized spacial score (nSPS) is 13.7. The Balaban J connectivity index is 1.77. The Hall–Kier alpha value is -3.62. The maximum Gasteiger partial charge on any atom is 0.453 e. The third-order valence-electron chi connectivity index (χ3n) is 4.74. The molecule has 0 bridgehead atoms. The summed E-state index contributed by atoms with van der Waals surface area (Å²) in [5.74, 6) is -0.473. The van der Waals surface area contributed by atoms with Gasteiger partial charge in [0, 0.05) is 18.9 Å². The molecule has 3 aromatic rings. The first-order chi connectivity index (χ1) is 14.8. The zero-order chi connectivity index (χ0) is 22.2. The number of methoxy groups -OCH3 is 2. The van der Waals surface area contributed by atoms with Crippen LogP contribution in [0.3, 0.4) is 0 Å². The smallest absolute Gasteiger partial charge is 0.453 e. The van der Waals surface area contributed by atoms with Gasteiger partial charge in [0.15, 0.2) is 0 Å². The van der Waals surface area contributed by atoms with Crippen LogP contribution < -0.4 is 19.6 Å². The second kappa shape index (κ2) is 7.90. The summed E-state index contributed by atoms with van der Waals surface area (Å²) in [6, 6.07) is 9.82. The molecule has 1 aliphatic rings. The summed E-state index contributed by atoms with van der Waals surface area (Å²) in [4.78, 5) is 12.8. The van der Waals surface area contributed by atoms with Gasteiger partial charge in [-0.25, -0.2) is 0 Å². The van der Waals surface area contributed by atoms with Gasteiger partial charge in [-0.3, -0.25) is 4.79 Å². The molecule has 0 atom stereocenters. The summed E-state index contributed by atoms with van der Waals surface area (Å²) >= 11 is 0. The monoisotopic (exact) mass is 434 g/mol. The van der Waals surface area contributed by atoms with Crippen molar-refractivity contribution in [2.75, 3.05) is 14.2 Å². The SMILES string of the molecule is COC1=C(Oc2ccc3c(=O)c(Oc4ccc(OC)cc4)c(C(F)(F)F)oc3c2)CC1. The molecule has 0 saturated carbocycles. The van der Waals surface area contributed by atoms with Crippen molar-refractivity contribution < 1.29 is 36.5 Å². The molecule has 0 unspecified atom stereocenters. The van der Waals surface area contributed by atoms with Gasteiger partial charge in [0.1, 0.15) is 34.3 Å². The Labute approximate surface area is 174 Å². The standard InChI is InChI=1S/C22H17F3O6/c1-27-12-3-5-13(6-4-12)30-20-19(26)15-8-7-14(29-17-10-9-16(17)28-2)11-18(15)31-21(20)22(23,24)25/h3-8,11H,9-10H2,1-2H3. The number of rotatable bonds is 6. The molecule has 31 heavy (non-hydrogen) atoms. The summed E-state index contributed by atoms with van der Waals surface area (Å²) in [7, 11) is 2.96. The fraction of sp³-hybridized carbons (Fsp3) is 0.227. The number of alkyl halides is 3. The van der Waals surface area contributed by atoms with Crippen molar-refractivity contribution >= 4 is 11.0 Å². The number of allylic oxidation sites excluding steroid dienone is 2. The van der Waals surface area contributed by atoms with Crippen molar-refractivity contribution in [3.63, 3.8) is 0 Å². The van der Waals surface area contributed by atoms with E-state index < -0.39 is 23.1 Å². The lowest BCUT2D eigenvalue weighted by Gasteiger charge is -2.22. The first kappa shape index (κ1) is 20.6. The minimum atomic E-state index is -4.95. The second-order valence-electron chi connectivity index (χ2n) is 6.68. The van der Waals surface area contributed by atoms with Crippen LogP contribution >= 0.6 is 0 Å². The van der Waals surface area contributed by atoms with Crippen LogP contribution in [0.4, 0.5) is 13.2 Å². The third kappa shape index (κ3) is 4.03. The minimum Gasteiger partial charge on any atom is -0.498 e. The summed E-state index contributed by atoms with van der Waals surface area (Å²) in [5.41, 5.74) is -1.22. The van der Waals surface area contributed by atoms with E-state index in [0.717, 1.165) is 6.42 Å². The van der Waals surface area contributed by atoms with E-state index in [0.29, 0.717) is 23.7 Å². The van der Waals surface area contributed by atoms with Crippen LogP contribution in [0.25, 0.3) is 11.0 Å². The van der Waals surface area contributed by atoms with Gasteiger partial charge >= 0.3 is 6.18 Å². The Morgan fingerprint density at radius 2 is 1.48 bits per heavy atom. The Kier molecular flexibility index (Phi) is 5.26. The molecule has 0 amide bonds. The first-order valence-electron chi connectivity index (χ1n) is 9.24. The number of benzene rings is 2. The third-order valence-corrected chi connectivity index (χ3v) is 4.74. The Morgan fingerprint density at radius 1 is 0.839 bits per heavy atom. The molecule has 4 rings (SSSR count). The lowest BCUT2D eigenvalue weighted by atomic mass is 10.1. The molecule has 0 radical (unpaired) electrons. The molecule has 1 aromatic heterocycles. The molecule has 0 N–H and O–H groups in total. The van der Waals surface area contributed by atoms with Crippen molar-refractivity contribution in [2.24, 2.45) is 0 Å². The van der Waals surface area contributed by atoms with E-state index in [1.807, 2.05) is 0 Å². The van der Waals surface area contributed by atoms with E-state index in [-0.39, 0.29) is 22.5 Å². The molecule has 2 aromatic carbocycles. The number of hydrogen-bond acceptors (Lipinski definition) is 6. The van der Waals surface area contributed by atoms with Crippen molar-refractivity contribution in [2.45, 2.75) is 19.0 Å². The molecule has 1 heterocycles. The molecule has 9 heteroatoms. The lowest BCUT2D eigenvalue weighted by molar-refractivity contribution is -0.154. The zero-order valence-electron chi connectivity index (χ0n) is 16.5. The number of halogens is 3. The average molecular weight is 434 g/mol. The van der Waals surface area contributed by atoms with Crippen LogP contribution in [0, 0.1) is 0 Å². The van der Waals surface area contributed by atoms with Crippen LogP contribution in [0.1, 0.15) is 18.6 Å². The van der Waals surface area contributed by atoms with E-state index >= 15 is 0 Å². The number of fused-ring (bicyclic) bond motifs is 1. The highest BCUT2D eigenvalue weighted by atomic mass is 19.4. The quantitative estimate of drug-likeness (QED) is 0.500. The summed E-state index contributed by atoms with van der Waals surface area (Å²) in [5, 5.41) is -0.0709. The molecular formula is C22H17F3O6. The summed E-state index contributed by atoms with van der Waals surface area (Å²) in [6.07, 6.45) is -3.59. The van der Waals surface area contributed by atoms with Gasteiger partial charge < -0.3 is 23.4 Å². The van der Waals surface area contributed by atoms with E-state index in [2.05, 4.69) is 0 Å². The number of hydrogen-bond donors (Lipinski definition) is 0. The maximum absolute atomic E-state index is 13.7. The van der Waals surface area contributed by atoms with Gasteiger partial charge in [-0.05, 0) is 36.4 Å². The predicted octanol–water partition coefficient (Wildman–Crippen LogP) is 5.64. The van der Waals surface area contributed by atoms with Crippen LogP contribution in [0.15, 0.2) is 63.2 Å². The highest BCUT2D eigenvalue weighted by Crippen LogP contribution is 2.39. The van der Waals surface area contributed by atoms with Gasteiger partial charge in [-0.1, -0.05) is 0 Å². The van der Waals surface area contributed by atoms with E-state index in [1.165, 1.54) is 56.7 Å². The second-order valence-corrected chi connectivity index (χ2v) is 6.68. The van der Waals surface area contributed by atoms with Crippen LogP contribution in [0.5, 0.6) is 23.0 Å². The molecule has 0 spiro atoms.